The van der Waals surface area contributed by atoms with E-state index in [0.717, 1.165) is 12.1 Å². The molecule has 64 valence electrons. The van der Waals surface area contributed by atoms with Crippen molar-refractivity contribution in [2.24, 2.45) is 0 Å². The fraction of sp³-hybridized carbons (Fsp3) is 0. The number of phenolic OH excluding ortho intramolecular Hbond substituents is 2. The molecule has 0 saturated carbocycles. The van der Waals surface area contributed by atoms with Crippen molar-refractivity contribution in [3.8, 4) is 11.5 Å². The Bertz CT molecular complexity index is 334. The van der Waals surface area contributed by atoms with Crippen LogP contribution in [0, 0.1) is 0 Å². The van der Waals surface area contributed by atoms with E-state index < -0.39 is 17.5 Å². The summed E-state index contributed by atoms with van der Waals surface area (Å²) in [4.78, 5) is 10.4. The Morgan fingerprint density at radius 2 is 1.92 bits per heavy atom. The average Bonchev–Trinajstić information content (AvgIpc) is 2.00. The van der Waals surface area contributed by atoms with Crippen molar-refractivity contribution < 1.29 is 20.1 Å². The zero-order chi connectivity index (χ0) is 9.30. The van der Waals surface area contributed by atoms with Gasteiger partial charge in [0.25, 0.3) is 0 Å². The topological polar surface area (TPSA) is 77.8 Å². The van der Waals surface area contributed by atoms with Gasteiger partial charge in [-0.3, -0.25) is 0 Å². The van der Waals surface area contributed by atoms with Gasteiger partial charge in [-0.25, -0.2) is 4.79 Å². The maximum atomic E-state index is 10.4. The molecule has 0 heterocycles. The van der Waals surface area contributed by atoms with E-state index in [0.29, 0.717) is 0 Å². The second kappa shape index (κ2) is 2.91. The summed E-state index contributed by atoms with van der Waals surface area (Å²) in [6.07, 6.45) is 0. The van der Waals surface area contributed by atoms with E-state index in [1.54, 1.807) is 0 Å². The molecule has 0 aliphatic rings. The molecule has 0 aliphatic carbocycles. The maximum Gasteiger partial charge on any atom is 0.337 e. The van der Waals surface area contributed by atoms with Crippen molar-refractivity contribution in [1.29, 1.82) is 0 Å². The highest BCUT2D eigenvalue weighted by Gasteiger charge is 2.14. The molecular weight excluding hydrogens is 184 g/mol. The first-order valence-electron chi connectivity index (χ1n) is 2.97. The number of hydrogen-bond donors (Lipinski definition) is 3. The van der Waals surface area contributed by atoms with Crippen LogP contribution in [0.15, 0.2) is 12.1 Å². The molecule has 0 atom stereocenters. The molecule has 0 saturated heterocycles. The van der Waals surface area contributed by atoms with E-state index in [1.807, 2.05) is 0 Å². The zero-order valence-corrected chi connectivity index (χ0v) is 6.54. The number of hydrogen-bond acceptors (Lipinski definition) is 3. The lowest BCUT2D eigenvalue weighted by Crippen LogP contribution is -1.96. The zero-order valence-electron chi connectivity index (χ0n) is 5.78. The van der Waals surface area contributed by atoms with Crippen LogP contribution in [0.1, 0.15) is 10.4 Å². The van der Waals surface area contributed by atoms with E-state index in [2.05, 4.69) is 0 Å². The third kappa shape index (κ3) is 1.29. The molecule has 1 aromatic carbocycles. The first-order valence-corrected chi connectivity index (χ1v) is 3.35. The summed E-state index contributed by atoms with van der Waals surface area (Å²) >= 11 is 5.40. The summed E-state index contributed by atoms with van der Waals surface area (Å²) < 4.78 is 0. The lowest BCUT2D eigenvalue weighted by Gasteiger charge is -2.02. The van der Waals surface area contributed by atoms with Gasteiger partial charge in [-0.2, -0.15) is 0 Å². The third-order valence-corrected chi connectivity index (χ3v) is 1.71. The van der Waals surface area contributed by atoms with E-state index in [1.165, 1.54) is 0 Å². The Kier molecular flexibility index (Phi) is 2.10. The Morgan fingerprint density at radius 3 is 2.42 bits per heavy atom. The van der Waals surface area contributed by atoms with Gasteiger partial charge in [-0.15, -0.1) is 0 Å². The van der Waals surface area contributed by atoms with Crippen LogP contribution in [0.3, 0.4) is 0 Å². The molecule has 0 unspecified atom stereocenters. The van der Waals surface area contributed by atoms with Gasteiger partial charge in [-0.1, -0.05) is 11.6 Å². The molecule has 5 heteroatoms. The molecule has 0 radical (unpaired) electrons. The minimum atomic E-state index is -1.25. The Hall–Kier alpha value is -1.42. The number of rotatable bonds is 1. The second-order valence-corrected chi connectivity index (χ2v) is 2.48. The molecule has 0 spiro atoms. The Morgan fingerprint density at radius 1 is 1.33 bits per heavy atom. The van der Waals surface area contributed by atoms with Crippen LogP contribution in [0.25, 0.3) is 0 Å². The molecular formula is C7H5ClO4. The van der Waals surface area contributed by atoms with Crippen LogP contribution < -0.4 is 0 Å². The smallest absolute Gasteiger partial charge is 0.337 e. The fourth-order valence-corrected chi connectivity index (χ4v) is 0.960. The minimum Gasteiger partial charge on any atom is -0.504 e. The summed E-state index contributed by atoms with van der Waals surface area (Å²) in [6.45, 7) is 0. The number of benzene rings is 1. The molecule has 12 heavy (non-hydrogen) atoms. The molecule has 4 nitrogen and oxygen atoms in total. The molecule has 3 N–H and O–H groups in total. The molecule has 1 aromatic rings. The fourth-order valence-electron chi connectivity index (χ4n) is 0.720. The van der Waals surface area contributed by atoms with Gasteiger partial charge in [0, 0.05) is 0 Å². The van der Waals surface area contributed by atoms with Crippen molar-refractivity contribution in [3.63, 3.8) is 0 Å². The molecule has 0 aliphatic heterocycles. The average molecular weight is 189 g/mol. The molecule has 0 bridgehead atoms. The van der Waals surface area contributed by atoms with Gasteiger partial charge in [0.05, 0.1) is 5.56 Å². The largest absolute Gasteiger partial charge is 0.504 e. The van der Waals surface area contributed by atoms with Gasteiger partial charge in [0.1, 0.15) is 5.02 Å². The van der Waals surface area contributed by atoms with Crippen LogP contribution >= 0.6 is 11.6 Å². The lowest BCUT2D eigenvalue weighted by atomic mass is 10.2. The number of carboxylic acids is 1. The van der Waals surface area contributed by atoms with Crippen LogP contribution in [0.2, 0.25) is 5.02 Å². The quantitative estimate of drug-likeness (QED) is 0.583. The van der Waals surface area contributed by atoms with Crippen molar-refractivity contribution >= 4 is 17.6 Å². The lowest BCUT2D eigenvalue weighted by molar-refractivity contribution is 0.0696. The molecule has 0 aromatic heterocycles. The molecule has 0 amide bonds. The van der Waals surface area contributed by atoms with Gasteiger partial charge < -0.3 is 15.3 Å². The van der Waals surface area contributed by atoms with E-state index in [-0.39, 0.29) is 10.6 Å². The van der Waals surface area contributed by atoms with Crippen LogP contribution in [0.5, 0.6) is 11.5 Å². The van der Waals surface area contributed by atoms with Gasteiger partial charge in [-0.05, 0) is 12.1 Å². The normalized spacial score (nSPS) is 9.75. The third-order valence-electron chi connectivity index (χ3n) is 1.33. The van der Waals surface area contributed by atoms with Crippen LogP contribution in [-0.4, -0.2) is 21.3 Å². The number of aromatic hydroxyl groups is 2. The number of carbonyl (C=O) groups is 1. The highest BCUT2D eigenvalue weighted by molar-refractivity contribution is 6.35. The highest BCUT2D eigenvalue weighted by Crippen LogP contribution is 2.35. The van der Waals surface area contributed by atoms with Gasteiger partial charge in [0.15, 0.2) is 11.5 Å². The second-order valence-electron chi connectivity index (χ2n) is 2.10. The van der Waals surface area contributed by atoms with E-state index >= 15 is 0 Å². The minimum absolute atomic E-state index is 0.244. The van der Waals surface area contributed by atoms with Crippen molar-refractivity contribution in [2.75, 3.05) is 0 Å². The first-order chi connectivity index (χ1) is 5.54. The van der Waals surface area contributed by atoms with Crippen LogP contribution in [0.4, 0.5) is 0 Å². The summed E-state index contributed by atoms with van der Waals surface area (Å²) in [5, 5.41) is 26.0. The molecule has 0 fully saturated rings. The summed E-state index contributed by atoms with van der Waals surface area (Å²) in [7, 11) is 0. The Labute approximate surface area is 72.6 Å². The van der Waals surface area contributed by atoms with E-state index in [4.69, 9.17) is 26.9 Å². The molecule has 1 rings (SSSR count). The SMILES string of the molecule is O=C(O)c1ccc(O)c(O)c1Cl. The predicted molar refractivity (Wildman–Crippen MR) is 41.7 cm³/mol. The standard InChI is InChI=1S/C7H5ClO4/c8-5-3(7(11)12)1-2-4(9)6(5)10/h1-2,9-10H,(H,11,12). The summed E-state index contributed by atoms with van der Waals surface area (Å²) in [5.74, 6) is -2.31. The monoisotopic (exact) mass is 188 g/mol. The summed E-state index contributed by atoms with van der Waals surface area (Å²) in [6, 6.07) is 2.17. The van der Waals surface area contributed by atoms with Crippen molar-refractivity contribution in [2.45, 2.75) is 0 Å². The number of phenols is 2. The van der Waals surface area contributed by atoms with Gasteiger partial charge in [0.2, 0.25) is 0 Å². The van der Waals surface area contributed by atoms with Gasteiger partial charge >= 0.3 is 5.97 Å². The summed E-state index contributed by atoms with van der Waals surface area (Å²) in [5.41, 5.74) is -0.244. The first kappa shape index (κ1) is 8.67. The predicted octanol–water partition coefficient (Wildman–Crippen LogP) is 1.45. The number of halogens is 1. The van der Waals surface area contributed by atoms with Crippen molar-refractivity contribution in [1.82, 2.24) is 0 Å². The number of aromatic carboxylic acids is 1. The van der Waals surface area contributed by atoms with Crippen molar-refractivity contribution in [3.05, 3.63) is 22.7 Å². The van der Waals surface area contributed by atoms with E-state index in [9.17, 15) is 4.79 Å². The highest BCUT2D eigenvalue weighted by atomic mass is 35.5. The Balaban J connectivity index is 3.36. The van der Waals surface area contributed by atoms with Crippen LogP contribution in [-0.2, 0) is 0 Å². The maximum absolute atomic E-state index is 10.4. The number of carboxylic acid groups (broad SMARTS) is 1.